The summed E-state index contributed by atoms with van der Waals surface area (Å²) in [7, 11) is -4.43. The smallest absolute Gasteiger partial charge is 0.291 e. The molecule has 0 heterocycles. The van der Waals surface area contributed by atoms with Gasteiger partial charge in [0, 0.05) is 13.3 Å². The van der Waals surface area contributed by atoms with Crippen LogP contribution < -0.4 is 11.1 Å². The Morgan fingerprint density at radius 1 is 1.33 bits per heavy atom. The molecule has 4 N–H and O–H groups in total. The number of rotatable bonds is 3. The molecule has 2 rings (SSSR count). The molecule has 1 aliphatic carbocycles. The van der Waals surface area contributed by atoms with E-state index < -0.39 is 15.8 Å². The number of carbonyl (C=O) groups excluding carboxylic acids is 1. The monoisotopic (exact) mass is 308 g/mol. The highest BCUT2D eigenvalue weighted by Gasteiger charge is 2.34. The highest BCUT2D eigenvalue weighted by atomic mass is 32.2. The largest absolute Gasteiger partial charge is 0.335 e. The van der Waals surface area contributed by atoms with Crippen LogP contribution >= 0.6 is 0 Å². The second-order valence-electron chi connectivity index (χ2n) is 4.91. The normalized spacial score (nSPS) is 22.2. The first-order chi connectivity index (χ1) is 9.71. The van der Waals surface area contributed by atoms with Crippen LogP contribution in [0.4, 0.5) is 0 Å². The number of hydrogen-bond donors (Lipinski definition) is 3. The van der Waals surface area contributed by atoms with E-state index in [-0.39, 0.29) is 17.2 Å². The van der Waals surface area contributed by atoms with Gasteiger partial charge in [-0.3, -0.25) is 9.35 Å². The van der Waals surface area contributed by atoms with Crippen molar-refractivity contribution in [3.05, 3.63) is 53.0 Å². The van der Waals surface area contributed by atoms with Crippen molar-refractivity contribution in [3.8, 4) is 0 Å². The number of benzene rings is 1. The van der Waals surface area contributed by atoms with Gasteiger partial charge in [0.2, 0.25) is 5.91 Å². The van der Waals surface area contributed by atoms with E-state index in [9.17, 15) is 17.8 Å². The van der Waals surface area contributed by atoms with Crippen molar-refractivity contribution in [3.63, 3.8) is 0 Å². The SMILES string of the molecule is CC(=O)NC1(N)C=CC(c2ccccc2)=C(S(=O)(=O)O)C1. The van der Waals surface area contributed by atoms with Gasteiger partial charge < -0.3 is 11.1 Å². The summed E-state index contributed by atoms with van der Waals surface area (Å²) in [5, 5.41) is 2.47. The van der Waals surface area contributed by atoms with Gasteiger partial charge in [-0.2, -0.15) is 8.42 Å². The van der Waals surface area contributed by atoms with Gasteiger partial charge in [-0.25, -0.2) is 0 Å². The maximum absolute atomic E-state index is 11.6. The lowest BCUT2D eigenvalue weighted by atomic mass is 9.93. The molecule has 1 aromatic carbocycles. The highest BCUT2D eigenvalue weighted by molar-refractivity contribution is 7.90. The molecule has 0 aromatic heterocycles. The zero-order valence-electron chi connectivity index (χ0n) is 11.4. The fraction of sp³-hybridized carbons (Fsp3) is 0.214. The summed E-state index contributed by atoms with van der Waals surface area (Å²) >= 11 is 0. The molecular formula is C14H16N2O4S. The minimum absolute atomic E-state index is 0.215. The average Bonchev–Trinajstić information content (AvgIpc) is 2.37. The molecule has 1 amide bonds. The van der Waals surface area contributed by atoms with E-state index in [1.807, 2.05) is 0 Å². The third kappa shape index (κ3) is 3.57. The number of nitrogens with one attached hydrogen (secondary N) is 1. The van der Waals surface area contributed by atoms with Crippen molar-refractivity contribution in [2.24, 2.45) is 5.73 Å². The number of nitrogens with two attached hydrogens (primary N) is 1. The zero-order chi connectivity index (χ0) is 15.7. The third-order valence-corrected chi connectivity index (χ3v) is 4.09. The number of amides is 1. The summed E-state index contributed by atoms with van der Waals surface area (Å²) in [6.45, 7) is 1.28. The fourth-order valence-corrected chi connectivity index (χ4v) is 3.15. The lowest BCUT2D eigenvalue weighted by Gasteiger charge is -2.31. The van der Waals surface area contributed by atoms with E-state index in [1.54, 1.807) is 30.3 Å². The zero-order valence-corrected chi connectivity index (χ0v) is 12.2. The molecule has 6 nitrogen and oxygen atoms in total. The molecule has 0 bridgehead atoms. The first-order valence-corrected chi connectivity index (χ1v) is 7.68. The molecule has 1 atom stereocenters. The molecule has 1 aromatic rings. The molecule has 1 aliphatic rings. The van der Waals surface area contributed by atoms with Crippen LogP contribution in [0.25, 0.3) is 5.57 Å². The second kappa shape index (κ2) is 5.44. The van der Waals surface area contributed by atoms with Gasteiger partial charge in [-0.15, -0.1) is 0 Å². The van der Waals surface area contributed by atoms with Crippen LogP contribution in [0, 0.1) is 0 Å². The predicted molar refractivity (Wildman–Crippen MR) is 79.4 cm³/mol. The van der Waals surface area contributed by atoms with Gasteiger partial charge in [0.25, 0.3) is 10.1 Å². The van der Waals surface area contributed by atoms with Crippen LogP contribution in [0.3, 0.4) is 0 Å². The fourth-order valence-electron chi connectivity index (χ4n) is 2.26. The van der Waals surface area contributed by atoms with Crippen molar-refractivity contribution < 1.29 is 17.8 Å². The number of hydrogen-bond acceptors (Lipinski definition) is 4. The van der Waals surface area contributed by atoms with E-state index in [2.05, 4.69) is 5.32 Å². The molecular weight excluding hydrogens is 292 g/mol. The van der Waals surface area contributed by atoms with Crippen LogP contribution in [-0.4, -0.2) is 24.5 Å². The molecule has 112 valence electrons. The summed E-state index contributed by atoms with van der Waals surface area (Å²) < 4.78 is 32.7. The standard InChI is InChI=1S/C14H16N2O4S/c1-10(17)16-14(15)8-7-12(11-5-3-2-4-6-11)13(9-14)21(18,19)20/h2-8H,9,15H2,1H3,(H,16,17)(H,18,19,20). The summed E-state index contributed by atoms with van der Waals surface area (Å²) in [4.78, 5) is 11.0. The first kappa shape index (κ1) is 15.4. The van der Waals surface area contributed by atoms with Gasteiger partial charge in [0.05, 0.1) is 4.91 Å². The number of allylic oxidation sites excluding steroid dienone is 2. The Bertz CT molecular complexity index is 723. The molecule has 0 radical (unpaired) electrons. The van der Waals surface area contributed by atoms with Crippen LogP contribution in [-0.2, 0) is 14.9 Å². The second-order valence-corrected chi connectivity index (χ2v) is 6.35. The van der Waals surface area contributed by atoms with Crippen LogP contribution in [0.2, 0.25) is 0 Å². The Labute approximate surface area is 123 Å². The minimum Gasteiger partial charge on any atom is -0.335 e. The lowest BCUT2D eigenvalue weighted by molar-refractivity contribution is -0.120. The lowest BCUT2D eigenvalue weighted by Crippen LogP contribution is -2.55. The topological polar surface area (TPSA) is 109 Å². The Kier molecular flexibility index (Phi) is 3.99. The number of carbonyl (C=O) groups is 1. The Morgan fingerprint density at radius 3 is 2.48 bits per heavy atom. The summed E-state index contributed by atoms with van der Waals surface area (Å²) in [5.74, 6) is -0.389. The summed E-state index contributed by atoms with van der Waals surface area (Å²) in [5.41, 5.74) is 5.63. The molecule has 0 fully saturated rings. The molecule has 0 aliphatic heterocycles. The van der Waals surface area contributed by atoms with Gasteiger partial charge >= 0.3 is 0 Å². The highest BCUT2D eigenvalue weighted by Crippen LogP contribution is 2.33. The molecule has 7 heteroatoms. The molecule has 1 unspecified atom stereocenters. The molecule has 0 spiro atoms. The summed E-state index contributed by atoms with van der Waals surface area (Å²) in [6.07, 6.45) is 2.80. The van der Waals surface area contributed by atoms with Crippen LogP contribution in [0.1, 0.15) is 18.9 Å². The van der Waals surface area contributed by atoms with Gasteiger partial charge in [0.15, 0.2) is 0 Å². The minimum atomic E-state index is -4.43. The van der Waals surface area contributed by atoms with Crippen molar-refractivity contribution >= 4 is 21.6 Å². The quantitative estimate of drug-likeness (QED) is 0.571. The van der Waals surface area contributed by atoms with Gasteiger partial charge in [0.1, 0.15) is 5.66 Å². The van der Waals surface area contributed by atoms with Crippen LogP contribution in [0.5, 0.6) is 0 Å². The third-order valence-electron chi connectivity index (χ3n) is 3.11. The van der Waals surface area contributed by atoms with E-state index in [1.165, 1.54) is 19.1 Å². The molecule has 0 saturated heterocycles. The Morgan fingerprint density at radius 2 is 1.95 bits per heavy atom. The molecule has 0 saturated carbocycles. The van der Waals surface area contributed by atoms with E-state index in [0.29, 0.717) is 11.1 Å². The Hall–Kier alpha value is -1.96. The van der Waals surface area contributed by atoms with Crippen LogP contribution in [0.15, 0.2) is 47.4 Å². The van der Waals surface area contributed by atoms with E-state index >= 15 is 0 Å². The Balaban J connectivity index is 2.52. The maximum atomic E-state index is 11.6. The van der Waals surface area contributed by atoms with Gasteiger partial charge in [-0.1, -0.05) is 36.4 Å². The average molecular weight is 308 g/mol. The van der Waals surface area contributed by atoms with Crippen molar-refractivity contribution in [1.29, 1.82) is 0 Å². The van der Waals surface area contributed by atoms with Crippen molar-refractivity contribution in [2.75, 3.05) is 0 Å². The predicted octanol–water partition coefficient (Wildman–Crippen LogP) is 1.04. The summed E-state index contributed by atoms with van der Waals surface area (Å²) in [6, 6.07) is 8.78. The maximum Gasteiger partial charge on any atom is 0.291 e. The van der Waals surface area contributed by atoms with E-state index in [4.69, 9.17) is 5.73 Å². The van der Waals surface area contributed by atoms with Gasteiger partial charge in [-0.05, 0) is 17.2 Å². The van der Waals surface area contributed by atoms with Crippen molar-refractivity contribution in [1.82, 2.24) is 5.32 Å². The molecule has 21 heavy (non-hydrogen) atoms. The van der Waals surface area contributed by atoms with Crippen molar-refractivity contribution in [2.45, 2.75) is 19.0 Å². The van der Waals surface area contributed by atoms with E-state index in [0.717, 1.165) is 0 Å². The first-order valence-electron chi connectivity index (χ1n) is 6.24.